The highest BCUT2D eigenvalue weighted by atomic mass is 16.5. The Balaban J connectivity index is 1.61. The summed E-state index contributed by atoms with van der Waals surface area (Å²) in [7, 11) is 1.95. The Morgan fingerprint density at radius 1 is 1.23 bits per heavy atom. The van der Waals surface area contributed by atoms with Crippen LogP contribution >= 0.6 is 0 Å². The van der Waals surface area contributed by atoms with Crippen molar-refractivity contribution in [2.24, 2.45) is 7.05 Å². The predicted molar refractivity (Wildman–Crippen MR) is 103 cm³/mol. The second-order valence-electron chi connectivity index (χ2n) is 6.84. The molecule has 1 heterocycles. The molecule has 0 saturated carbocycles. The number of aromatic nitrogens is 2. The van der Waals surface area contributed by atoms with Crippen molar-refractivity contribution in [1.82, 2.24) is 14.9 Å². The van der Waals surface area contributed by atoms with E-state index >= 15 is 0 Å². The first-order valence-corrected chi connectivity index (χ1v) is 8.86. The molecule has 3 aromatic rings. The van der Waals surface area contributed by atoms with Crippen molar-refractivity contribution in [1.29, 1.82) is 0 Å². The highest BCUT2D eigenvalue weighted by Gasteiger charge is 2.12. The molecule has 5 heteroatoms. The molecular formula is C21H25N3O2. The molecular weight excluding hydrogens is 326 g/mol. The van der Waals surface area contributed by atoms with Crippen LogP contribution in [0.1, 0.15) is 36.7 Å². The van der Waals surface area contributed by atoms with Gasteiger partial charge in [-0.2, -0.15) is 0 Å². The average Bonchev–Trinajstić information content (AvgIpc) is 2.94. The maximum atomic E-state index is 12.2. The molecule has 5 nitrogen and oxygen atoms in total. The van der Waals surface area contributed by atoms with Gasteiger partial charge in [-0.15, -0.1) is 0 Å². The summed E-state index contributed by atoms with van der Waals surface area (Å²) in [5.41, 5.74) is 4.20. The Kier molecular flexibility index (Phi) is 5.26. The molecule has 0 aliphatic rings. The summed E-state index contributed by atoms with van der Waals surface area (Å²) < 4.78 is 7.77. The van der Waals surface area contributed by atoms with Crippen molar-refractivity contribution < 1.29 is 9.53 Å². The lowest BCUT2D eigenvalue weighted by atomic mass is 10.0. The van der Waals surface area contributed by atoms with Crippen molar-refractivity contribution in [3.05, 3.63) is 59.4 Å². The summed E-state index contributed by atoms with van der Waals surface area (Å²) in [5, 5.41) is 2.89. The molecule has 2 aromatic carbocycles. The monoisotopic (exact) mass is 351 g/mol. The van der Waals surface area contributed by atoms with Gasteiger partial charge in [0.1, 0.15) is 11.6 Å². The number of nitrogens with zero attached hydrogens (tertiary/aromatic N) is 2. The highest BCUT2D eigenvalue weighted by molar-refractivity contribution is 5.78. The normalized spacial score (nSPS) is 11.1. The number of carbonyl (C=O) groups excluding carboxylic acids is 1. The number of nitrogens with one attached hydrogen (secondary N) is 1. The molecule has 1 aromatic heterocycles. The van der Waals surface area contributed by atoms with E-state index < -0.39 is 0 Å². The van der Waals surface area contributed by atoms with Crippen molar-refractivity contribution in [2.75, 3.05) is 6.61 Å². The summed E-state index contributed by atoms with van der Waals surface area (Å²) >= 11 is 0. The molecule has 0 atom stereocenters. The first-order chi connectivity index (χ1) is 12.5. The van der Waals surface area contributed by atoms with Crippen LogP contribution in [-0.4, -0.2) is 22.1 Å². The van der Waals surface area contributed by atoms with E-state index in [1.807, 2.05) is 48.9 Å². The summed E-state index contributed by atoms with van der Waals surface area (Å²) in [5.74, 6) is 1.78. The zero-order valence-electron chi connectivity index (χ0n) is 15.7. The van der Waals surface area contributed by atoms with E-state index in [1.54, 1.807) is 0 Å². The van der Waals surface area contributed by atoms with Crippen LogP contribution in [0.5, 0.6) is 5.75 Å². The number of aryl methyl sites for hydroxylation is 2. The number of fused-ring (bicyclic) bond motifs is 1. The van der Waals surface area contributed by atoms with Crippen LogP contribution in [0.25, 0.3) is 11.0 Å². The van der Waals surface area contributed by atoms with E-state index in [1.165, 1.54) is 0 Å². The zero-order chi connectivity index (χ0) is 18.7. The van der Waals surface area contributed by atoms with E-state index in [0.29, 0.717) is 12.5 Å². The first kappa shape index (κ1) is 18.0. The smallest absolute Gasteiger partial charge is 0.258 e. The topological polar surface area (TPSA) is 56.1 Å². The molecule has 1 amide bonds. The van der Waals surface area contributed by atoms with Gasteiger partial charge in [0.25, 0.3) is 5.91 Å². The van der Waals surface area contributed by atoms with Crippen LogP contribution in [-0.2, 0) is 18.4 Å². The molecule has 3 rings (SSSR count). The number of rotatable bonds is 6. The average molecular weight is 351 g/mol. The Labute approximate surface area is 154 Å². The van der Waals surface area contributed by atoms with Crippen LogP contribution in [0, 0.1) is 6.92 Å². The largest absolute Gasteiger partial charge is 0.483 e. The maximum absolute atomic E-state index is 12.2. The van der Waals surface area contributed by atoms with Gasteiger partial charge in [-0.25, -0.2) is 4.98 Å². The van der Waals surface area contributed by atoms with Gasteiger partial charge in [0.05, 0.1) is 17.6 Å². The fourth-order valence-electron chi connectivity index (χ4n) is 2.97. The third-order valence-corrected chi connectivity index (χ3v) is 4.47. The van der Waals surface area contributed by atoms with Gasteiger partial charge in [-0.1, -0.05) is 38.1 Å². The van der Waals surface area contributed by atoms with Crippen LogP contribution in [0.2, 0.25) is 0 Å². The number of hydrogen-bond donors (Lipinski definition) is 1. The molecule has 0 radical (unpaired) electrons. The molecule has 0 saturated heterocycles. The molecule has 0 unspecified atom stereocenters. The minimum atomic E-state index is -0.159. The number of amides is 1. The van der Waals surface area contributed by atoms with Crippen molar-refractivity contribution in [3.63, 3.8) is 0 Å². The van der Waals surface area contributed by atoms with E-state index in [4.69, 9.17) is 4.74 Å². The Hall–Kier alpha value is -2.82. The molecule has 1 N–H and O–H groups in total. The van der Waals surface area contributed by atoms with Gasteiger partial charge < -0.3 is 14.6 Å². The SMILES string of the molecule is Cc1ccc(C(C)C)c(OCC(=O)NCc2nc3ccccc3n2C)c1. The first-order valence-electron chi connectivity index (χ1n) is 8.86. The second-order valence-corrected chi connectivity index (χ2v) is 6.84. The summed E-state index contributed by atoms with van der Waals surface area (Å²) in [6.07, 6.45) is 0. The Bertz CT molecular complexity index is 928. The standard InChI is InChI=1S/C21H25N3O2/c1-14(2)16-10-9-15(3)11-19(16)26-13-21(25)22-12-20-23-17-7-5-6-8-18(17)24(20)4/h5-11,14H,12-13H2,1-4H3,(H,22,25). The fraction of sp³-hybridized carbons (Fsp3) is 0.333. The third-order valence-electron chi connectivity index (χ3n) is 4.47. The number of benzene rings is 2. The Morgan fingerprint density at radius 3 is 2.73 bits per heavy atom. The lowest BCUT2D eigenvalue weighted by Gasteiger charge is -2.14. The fourth-order valence-corrected chi connectivity index (χ4v) is 2.97. The maximum Gasteiger partial charge on any atom is 0.258 e. The van der Waals surface area contributed by atoms with Gasteiger partial charge in [0.2, 0.25) is 0 Å². The molecule has 0 bridgehead atoms. The van der Waals surface area contributed by atoms with Gasteiger partial charge in [-0.3, -0.25) is 4.79 Å². The van der Waals surface area contributed by atoms with E-state index in [0.717, 1.165) is 33.7 Å². The van der Waals surface area contributed by atoms with Crippen molar-refractivity contribution in [2.45, 2.75) is 33.2 Å². The minimum absolute atomic E-state index is 0.00683. The predicted octanol–water partition coefficient (Wildman–Crippen LogP) is 3.70. The van der Waals surface area contributed by atoms with Crippen LogP contribution in [0.15, 0.2) is 42.5 Å². The quantitative estimate of drug-likeness (QED) is 0.737. The number of carbonyl (C=O) groups is 1. The van der Waals surface area contributed by atoms with Crippen LogP contribution in [0.4, 0.5) is 0 Å². The van der Waals surface area contributed by atoms with E-state index in [-0.39, 0.29) is 12.5 Å². The highest BCUT2D eigenvalue weighted by Crippen LogP contribution is 2.27. The number of ether oxygens (including phenoxy) is 1. The van der Waals surface area contributed by atoms with Crippen molar-refractivity contribution in [3.8, 4) is 5.75 Å². The van der Waals surface area contributed by atoms with E-state index in [2.05, 4.69) is 36.3 Å². The van der Waals surface area contributed by atoms with Gasteiger partial charge in [-0.05, 0) is 42.2 Å². The second kappa shape index (κ2) is 7.60. The number of imidazole rings is 1. The van der Waals surface area contributed by atoms with E-state index in [9.17, 15) is 4.79 Å². The van der Waals surface area contributed by atoms with Crippen molar-refractivity contribution >= 4 is 16.9 Å². The molecule has 0 fully saturated rings. The lowest BCUT2D eigenvalue weighted by molar-refractivity contribution is -0.123. The zero-order valence-corrected chi connectivity index (χ0v) is 15.7. The van der Waals surface area contributed by atoms with Crippen LogP contribution in [0.3, 0.4) is 0 Å². The molecule has 0 aliphatic heterocycles. The number of hydrogen-bond acceptors (Lipinski definition) is 3. The minimum Gasteiger partial charge on any atom is -0.483 e. The molecule has 26 heavy (non-hydrogen) atoms. The number of para-hydroxylation sites is 2. The summed E-state index contributed by atoms with van der Waals surface area (Å²) in [6, 6.07) is 14.0. The lowest BCUT2D eigenvalue weighted by Crippen LogP contribution is -2.29. The summed E-state index contributed by atoms with van der Waals surface area (Å²) in [6.45, 7) is 6.61. The molecule has 0 spiro atoms. The van der Waals surface area contributed by atoms with Gasteiger partial charge in [0.15, 0.2) is 6.61 Å². The van der Waals surface area contributed by atoms with Crippen LogP contribution < -0.4 is 10.1 Å². The summed E-state index contributed by atoms with van der Waals surface area (Å²) in [4.78, 5) is 16.8. The molecule has 0 aliphatic carbocycles. The molecule has 136 valence electrons. The van der Waals surface area contributed by atoms with Gasteiger partial charge in [0, 0.05) is 7.05 Å². The Morgan fingerprint density at radius 2 is 2.00 bits per heavy atom. The third kappa shape index (κ3) is 3.87. The van der Waals surface area contributed by atoms with Gasteiger partial charge >= 0.3 is 0 Å².